The Morgan fingerprint density at radius 2 is 1.70 bits per heavy atom. The Bertz CT molecular complexity index is 1250. The van der Waals surface area contributed by atoms with E-state index in [2.05, 4.69) is 10.0 Å². The van der Waals surface area contributed by atoms with E-state index in [0.717, 1.165) is 0 Å². The number of hydrogen-bond donors (Lipinski definition) is 2. The zero-order chi connectivity index (χ0) is 24.0. The van der Waals surface area contributed by atoms with Gasteiger partial charge in [0.15, 0.2) is 6.61 Å². The fraction of sp³-hybridized carbons (Fsp3) is 0.174. The van der Waals surface area contributed by atoms with Crippen LogP contribution in [0.15, 0.2) is 65.6 Å². The van der Waals surface area contributed by atoms with E-state index in [1.54, 1.807) is 49.4 Å². The first kappa shape index (κ1) is 24.7. The Kier molecular flexibility index (Phi) is 8.07. The van der Waals surface area contributed by atoms with Gasteiger partial charge in [-0.15, -0.1) is 0 Å². The van der Waals surface area contributed by atoms with E-state index >= 15 is 0 Å². The highest BCUT2D eigenvalue weighted by Gasteiger charge is 2.21. The van der Waals surface area contributed by atoms with Crippen LogP contribution in [-0.4, -0.2) is 27.5 Å². The Balaban J connectivity index is 1.75. The van der Waals surface area contributed by atoms with Crippen LogP contribution >= 0.6 is 23.2 Å². The predicted molar refractivity (Wildman–Crippen MR) is 130 cm³/mol. The third kappa shape index (κ3) is 6.77. The van der Waals surface area contributed by atoms with Crippen LogP contribution in [-0.2, 0) is 14.8 Å². The lowest BCUT2D eigenvalue weighted by Crippen LogP contribution is -2.23. The maximum absolute atomic E-state index is 13.1. The molecule has 0 unspecified atom stereocenters. The molecular formula is C23H22Cl2N2O5S. The molecule has 0 radical (unpaired) electrons. The molecule has 0 aliphatic rings. The van der Waals surface area contributed by atoms with Crippen molar-refractivity contribution in [2.75, 3.05) is 23.3 Å². The Morgan fingerprint density at radius 1 is 0.970 bits per heavy atom. The minimum absolute atomic E-state index is 0.0748. The van der Waals surface area contributed by atoms with Gasteiger partial charge in [0.1, 0.15) is 16.4 Å². The molecule has 1 amide bonds. The molecule has 0 heterocycles. The van der Waals surface area contributed by atoms with Crippen molar-refractivity contribution in [3.8, 4) is 11.5 Å². The van der Waals surface area contributed by atoms with Gasteiger partial charge < -0.3 is 14.8 Å². The minimum atomic E-state index is -4.00. The van der Waals surface area contributed by atoms with Crippen LogP contribution in [0.1, 0.15) is 12.5 Å². The molecule has 0 fully saturated rings. The van der Waals surface area contributed by atoms with Crippen LogP contribution in [0.4, 0.5) is 11.4 Å². The lowest BCUT2D eigenvalue weighted by atomic mass is 10.2. The highest BCUT2D eigenvalue weighted by Crippen LogP contribution is 2.28. The Labute approximate surface area is 202 Å². The summed E-state index contributed by atoms with van der Waals surface area (Å²) in [6.07, 6.45) is 0. The average Bonchev–Trinajstić information content (AvgIpc) is 2.76. The zero-order valence-electron chi connectivity index (χ0n) is 17.9. The SMILES string of the molecule is CCOc1ccc(NS(=O)(=O)c2cc(C)ccc2NC(=O)COc2ccc(Cl)cc2Cl)cc1. The maximum atomic E-state index is 13.1. The summed E-state index contributed by atoms with van der Waals surface area (Å²) in [6.45, 7) is 3.75. The largest absolute Gasteiger partial charge is 0.494 e. The van der Waals surface area contributed by atoms with E-state index in [1.165, 1.54) is 18.2 Å². The number of aryl methyl sites for hydroxylation is 1. The standard InChI is InChI=1S/C23H22Cl2N2O5S/c1-3-31-18-8-6-17(7-9-18)27-33(29,30)22-12-15(2)4-10-20(22)26-23(28)14-32-21-11-5-16(24)13-19(21)25/h4-13,27H,3,14H2,1-2H3,(H,26,28). The third-order valence-electron chi connectivity index (χ3n) is 4.37. The summed E-state index contributed by atoms with van der Waals surface area (Å²) in [5, 5.41) is 3.28. The summed E-state index contributed by atoms with van der Waals surface area (Å²) in [5.41, 5.74) is 1.19. The fourth-order valence-electron chi connectivity index (χ4n) is 2.87. The van der Waals surface area contributed by atoms with Gasteiger partial charge in [-0.25, -0.2) is 8.42 Å². The number of carbonyl (C=O) groups is 1. The molecule has 0 spiro atoms. The van der Waals surface area contributed by atoms with Crippen molar-refractivity contribution >= 4 is 50.5 Å². The maximum Gasteiger partial charge on any atom is 0.263 e. The lowest BCUT2D eigenvalue weighted by molar-refractivity contribution is -0.118. The molecule has 33 heavy (non-hydrogen) atoms. The molecule has 10 heteroatoms. The summed E-state index contributed by atoms with van der Waals surface area (Å²) >= 11 is 11.9. The molecule has 0 aromatic heterocycles. The zero-order valence-corrected chi connectivity index (χ0v) is 20.2. The number of carbonyl (C=O) groups excluding carboxylic acids is 1. The number of sulfonamides is 1. The molecule has 0 aliphatic carbocycles. The molecule has 3 aromatic carbocycles. The van der Waals surface area contributed by atoms with Gasteiger partial charge >= 0.3 is 0 Å². The third-order valence-corrected chi connectivity index (χ3v) is 6.32. The van der Waals surface area contributed by atoms with Crippen LogP contribution in [0.25, 0.3) is 0 Å². The van der Waals surface area contributed by atoms with E-state index in [-0.39, 0.29) is 28.0 Å². The summed E-state index contributed by atoms with van der Waals surface area (Å²) in [6, 6.07) is 15.8. The van der Waals surface area contributed by atoms with Gasteiger partial charge in [-0.05, 0) is 74.0 Å². The fourth-order valence-corrected chi connectivity index (χ4v) is 4.64. The van der Waals surface area contributed by atoms with Gasteiger partial charge in [0, 0.05) is 10.7 Å². The number of rotatable bonds is 9. The summed E-state index contributed by atoms with van der Waals surface area (Å²) in [7, 11) is -4.00. The number of hydrogen-bond acceptors (Lipinski definition) is 5. The molecule has 174 valence electrons. The van der Waals surface area contributed by atoms with Crippen molar-refractivity contribution in [2.24, 2.45) is 0 Å². The van der Waals surface area contributed by atoms with Crippen molar-refractivity contribution in [3.63, 3.8) is 0 Å². The number of benzene rings is 3. The van der Waals surface area contributed by atoms with Gasteiger partial charge in [-0.2, -0.15) is 0 Å². The molecule has 0 aliphatic heterocycles. The molecule has 7 nitrogen and oxygen atoms in total. The number of ether oxygens (including phenoxy) is 2. The van der Waals surface area contributed by atoms with Crippen molar-refractivity contribution in [3.05, 3.63) is 76.3 Å². The van der Waals surface area contributed by atoms with Crippen LogP contribution < -0.4 is 19.5 Å². The van der Waals surface area contributed by atoms with E-state index in [1.807, 2.05) is 6.92 Å². The van der Waals surface area contributed by atoms with Crippen LogP contribution in [0.2, 0.25) is 10.0 Å². The van der Waals surface area contributed by atoms with Gasteiger partial charge in [0.25, 0.3) is 15.9 Å². The van der Waals surface area contributed by atoms with E-state index < -0.39 is 15.9 Å². The highest BCUT2D eigenvalue weighted by molar-refractivity contribution is 7.92. The first-order valence-electron chi connectivity index (χ1n) is 9.92. The minimum Gasteiger partial charge on any atom is -0.494 e. The van der Waals surface area contributed by atoms with Crippen LogP contribution in [0, 0.1) is 6.92 Å². The number of amides is 1. The number of halogens is 2. The summed E-state index contributed by atoms with van der Waals surface area (Å²) in [5.74, 6) is 0.359. The van der Waals surface area contributed by atoms with Crippen LogP contribution in [0.3, 0.4) is 0 Å². The molecule has 0 saturated carbocycles. The average molecular weight is 509 g/mol. The van der Waals surface area contributed by atoms with Gasteiger partial charge in [0.05, 0.1) is 17.3 Å². The Hall–Kier alpha value is -2.94. The summed E-state index contributed by atoms with van der Waals surface area (Å²) < 4.78 is 39.4. The van der Waals surface area contributed by atoms with E-state index in [0.29, 0.717) is 28.6 Å². The normalized spacial score (nSPS) is 11.0. The lowest BCUT2D eigenvalue weighted by Gasteiger charge is -2.15. The second-order valence-corrected chi connectivity index (χ2v) is 9.47. The Morgan fingerprint density at radius 3 is 2.36 bits per heavy atom. The van der Waals surface area contributed by atoms with Gasteiger partial charge in [0.2, 0.25) is 0 Å². The molecular weight excluding hydrogens is 487 g/mol. The molecule has 2 N–H and O–H groups in total. The smallest absolute Gasteiger partial charge is 0.263 e. The molecule has 0 atom stereocenters. The second kappa shape index (κ2) is 10.8. The van der Waals surface area contributed by atoms with Gasteiger partial charge in [-0.1, -0.05) is 29.3 Å². The molecule has 0 saturated heterocycles. The van der Waals surface area contributed by atoms with Crippen molar-refractivity contribution in [1.82, 2.24) is 0 Å². The first-order valence-corrected chi connectivity index (χ1v) is 12.2. The topological polar surface area (TPSA) is 93.7 Å². The van der Waals surface area contributed by atoms with Crippen molar-refractivity contribution in [2.45, 2.75) is 18.7 Å². The van der Waals surface area contributed by atoms with Crippen molar-refractivity contribution < 1.29 is 22.7 Å². The molecule has 0 bridgehead atoms. The quantitative estimate of drug-likeness (QED) is 0.396. The molecule has 3 aromatic rings. The second-order valence-electron chi connectivity index (χ2n) is 6.97. The number of anilines is 2. The monoisotopic (exact) mass is 508 g/mol. The highest BCUT2D eigenvalue weighted by atomic mass is 35.5. The van der Waals surface area contributed by atoms with E-state index in [9.17, 15) is 13.2 Å². The molecule has 3 rings (SSSR count). The first-order chi connectivity index (χ1) is 15.7. The van der Waals surface area contributed by atoms with Crippen LogP contribution in [0.5, 0.6) is 11.5 Å². The summed E-state index contributed by atoms with van der Waals surface area (Å²) in [4.78, 5) is 12.4. The number of nitrogens with one attached hydrogen (secondary N) is 2. The predicted octanol–water partition coefficient (Wildman–Crippen LogP) is 5.52. The van der Waals surface area contributed by atoms with E-state index in [4.69, 9.17) is 32.7 Å². The van der Waals surface area contributed by atoms with Gasteiger partial charge in [-0.3, -0.25) is 9.52 Å². The van der Waals surface area contributed by atoms with Crippen molar-refractivity contribution in [1.29, 1.82) is 0 Å².